The van der Waals surface area contributed by atoms with Crippen LogP contribution in [0.25, 0.3) is 0 Å². The van der Waals surface area contributed by atoms with Gasteiger partial charge >= 0.3 is 0 Å². The molecular weight excluding hydrogens is 478 g/mol. The Balaban J connectivity index is 1.79. The second-order valence-electron chi connectivity index (χ2n) is 7.22. The largest absolute Gasteiger partial charge is 0.316 e. The number of hydrogen-bond acceptors (Lipinski definition) is 8. The first-order chi connectivity index (χ1) is 15.7. The Hall–Kier alpha value is -2.94. The monoisotopic (exact) mass is 501 g/mol. The van der Waals surface area contributed by atoms with E-state index in [1.165, 1.54) is 23.5 Å². The highest BCUT2D eigenvalue weighted by molar-refractivity contribution is 8.00. The van der Waals surface area contributed by atoms with Crippen molar-refractivity contribution in [2.45, 2.75) is 48.4 Å². The molecule has 0 saturated heterocycles. The maximum absolute atomic E-state index is 12.8. The fourth-order valence-electron chi connectivity index (χ4n) is 2.98. The highest BCUT2D eigenvalue weighted by Crippen LogP contribution is 2.33. The zero-order valence-corrected chi connectivity index (χ0v) is 20.9. The molecular formula is C22H23N5O3S3. The highest BCUT2D eigenvalue weighted by atomic mass is 32.2. The molecule has 33 heavy (non-hydrogen) atoms. The van der Waals surface area contributed by atoms with Crippen molar-refractivity contribution in [2.24, 2.45) is 0 Å². The summed E-state index contributed by atoms with van der Waals surface area (Å²) < 4.78 is 27.2. The number of nitrogens with zero attached hydrogens (tertiary/aromatic N) is 4. The second-order valence-corrected chi connectivity index (χ2v) is 11.7. The van der Waals surface area contributed by atoms with E-state index in [1.54, 1.807) is 35.8 Å². The summed E-state index contributed by atoms with van der Waals surface area (Å²) in [5.41, 5.74) is 1.32. The molecule has 1 atom stereocenters. The van der Waals surface area contributed by atoms with Crippen molar-refractivity contribution in [1.82, 2.24) is 14.8 Å². The van der Waals surface area contributed by atoms with Crippen molar-refractivity contribution in [2.75, 3.05) is 5.32 Å². The molecule has 8 nitrogen and oxygen atoms in total. The standard InChI is InChI=1S/C22H23N5O3S3/c1-5-11-27-19(13-33(29,30)17-9-7-6-8-10-17)25-26-22(27)32-16(4)20(28)24-21-18(12-23)14(2)15(3)31-21/h5-10,16H,1,11,13H2,2-4H3,(H,24,28). The number of amides is 1. The van der Waals surface area contributed by atoms with E-state index in [1.807, 2.05) is 13.8 Å². The van der Waals surface area contributed by atoms with Gasteiger partial charge in [-0.15, -0.1) is 28.1 Å². The Kier molecular flexibility index (Phi) is 7.73. The van der Waals surface area contributed by atoms with E-state index in [0.717, 1.165) is 22.2 Å². The van der Waals surface area contributed by atoms with Gasteiger partial charge in [0.25, 0.3) is 0 Å². The van der Waals surface area contributed by atoms with Crippen LogP contribution in [0.4, 0.5) is 5.00 Å². The number of sulfone groups is 1. The topological polar surface area (TPSA) is 118 Å². The van der Waals surface area contributed by atoms with Crippen LogP contribution in [0.3, 0.4) is 0 Å². The molecule has 1 amide bonds. The lowest BCUT2D eigenvalue weighted by Gasteiger charge is -2.12. The minimum absolute atomic E-state index is 0.204. The van der Waals surface area contributed by atoms with Crippen LogP contribution in [0.5, 0.6) is 0 Å². The number of rotatable bonds is 9. The summed E-state index contributed by atoms with van der Waals surface area (Å²) >= 11 is 2.52. The molecule has 3 aromatic rings. The molecule has 0 fully saturated rings. The first kappa shape index (κ1) is 24.7. The summed E-state index contributed by atoms with van der Waals surface area (Å²) in [5, 5.41) is 20.8. The van der Waals surface area contributed by atoms with Crippen LogP contribution in [-0.2, 0) is 26.9 Å². The van der Waals surface area contributed by atoms with Crippen molar-refractivity contribution in [3.63, 3.8) is 0 Å². The van der Waals surface area contributed by atoms with E-state index < -0.39 is 15.1 Å². The van der Waals surface area contributed by atoms with Gasteiger partial charge in [0.2, 0.25) is 5.91 Å². The molecule has 3 rings (SSSR count). The van der Waals surface area contributed by atoms with Crippen molar-refractivity contribution in [1.29, 1.82) is 5.26 Å². The summed E-state index contributed by atoms with van der Waals surface area (Å²) in [5.74, 6) is -0.340. The molecule has 0 saturated carbocycles. The smallest absolute Gasteiger partial charge is 0.238 e. The van der Waals surface area contributed by atoms with Crippen molar-refractivity contribution in [3.8, 4) is 6.07 Å². The van der Waals surface area contributed by atoms with Gasteiger partial charge in [0.05, 0.1) is 15.7 Å². The molecule has 1 unspecified atom stereocenters. The molecule has 2 heterocycles. The van der Waals surface area contributed by atoms with Gasteiger partial charge in [-0.2, -0.15) is 5.26 Å². The van der Waals surface area contributed by atoms with Crippen molar-refractivity contribution in [3.05, 3.63) is 64.8 Å². The van der Waals surface area contributed by atoms with E-state index >= 15 is 0 Å². The SMILES string of the molecule is C=CCn1c(CS(=O)(=O)c2ccccc2)nnc1SC(C)C(=O)Nc1sc(C)c(C)c1C#N. The minimum atomic E-state index is -3.61. The third kappa shape index (κ3) is 5.52. The number of benzene rings is 1. The number of aryl methyl sites for hydroxylation is 1. The van der Waals surface area contributed by atoms with Gasteiger partial charge in [0.1, 0.15) is 22.6 Å². The average Bonchev–Trinajstić information content (AvgIpc) is 3.27. The predicted molar refractivity (Wildman–Crippen MR) is 130 cm³/mol. The Morgan fingerprint density at radius 1 is 1.33 bits per heavy atom. The minimum Gasteiger partial charge on any atom is -0.316 e. The molecule has 0 aliphatic carbocycles. The lowest BCUT2D eigenvalue weighted by Crippen LogP contribution is -2.23. The number of carbonyl (C=O) groups is 1. The Morgan fingerprint density at radius 3 is 2.67 bits per heavy atom. The summed E-state index contributed by atoms with van der Waals surface area (Å²) in [6, 6.07) is 10.3. The molecule has 0 spiro atoms. The number of nitriles is 1. The summed E-state index contributed by atoms with van der Waals surface area (Å²) in [6.45, 7) is 9.49. The van der Waals surface area contributed by atoms with Crippen LogP contribution in [0.2, 0.25) is 0 Å². The normalized spacial score (nSPS) is 12.2. The summed E-state index contributed by atoms with van der Waals surface area (Å²) in [7, 11) is -3.61. The quantitative estimate of drug-likeness (QED) is 0.346. The van der Waals surface area contributed by atoms with Crippen molar-refractivity contribution >= 4 is 43.8 Å². The van der Waals surface area contributed by atoms with Gasteiger partial charge in [-0.25, -0.2) is 8.42 Å². The first-order valence-electron chi connectivity index (χ1n) is 9.96. The van der Waals surface area contributed by atoms with Crippen LogP contribution in [0.15, 0.2) is 53.0 Å². The van der Waals surface area contributed by atoms with E-state index in [4.69, 9.17) is 0 Å². The molecule has 0 aliphatic heterocycles. The number of anilines is 1. The molecule has 0 radical (unpaired) electrons. The average molecular weight is 502 g/mol. The molecule has 0 bridgehead atoms. The van der Waals surface area contributed by atoms with Gasteiger partial charge in [-0.3, -0.25) is 4.79 Å². The fourth-order valence-corrected chi connectivity index (χ4v) is 6.16. The lowest BCUT2D eigenvalue weighted by atomic mass is 10.2. The zero-order chi connectivity index (χ0) is 24.2. The Bertz CT molecular complexity index is 1320. The van der Waals surface area contributed by atoms with Gasteiger partial charge in [0.15, 0.2) is 15.0 Å². The summed E-state index contributed by atoms with van der Waals surface area (Å²) in [4.78, 5) is 14.0. The van der Waals surface area contributed by atoms with Crippen LogP contribution < -0.4 is 5.32 Å². The van der Waals surface area contributed by atoms with Crippen LogP contribution in [0, 0.1) is 25.2 Å². The highest BCUT2D eigenvalue weighted by Gasteiger charge is 2.25. The molecule has 1 aromatic carbocycles. The molecule has 11 heteroatoms. The van der Waals surface area contributed by atoms with Gasteiger partial charge in [0, 0.05) is 11.4 Å². The zero-order valence-electron chi connectivity index (χ0n) is 18.4. The number of thioether (sulfide) groups is 1. The maximum Gasteiger partial charge on any atom is 0.238 e. The third-order valence-corrected chi connectivity index (χ3v) is 8.74. The van der Waals surface area contributed by atoms with Gasteiger partial charge in [-0.1, -0.05) is 36.0 Å². The van der Waals surface area contributed by atoms with Crippen molar-refractivity contribution < 1.29 is 13.2 Å². The molecule has 0 aliphatic rings. The lowest BCUT2D eigenvalue weighted by molar-refractivity contribution is -0.115. The molecule has 2 aromatic heterocycles. The third-order valence-electron chi connectivity index (χ3n) is 4.91. The fraction of sp³-hybridized carbons (Fsp3) is 0.273. The molecule has 1 N–H and O–H groups in total. The number of nitrogens with one attached hydrogen (secondary N) is 1. The second kappa shape index (κ2) is 10.3. The Labute approximate surface area is 201 Å². The number of allylic oxidation sites excluding steroid dienone is 1. The van der Waals surface area contributed by atoms with Crippen LogP contribution in [0.1, 0.15) is 28.8 Å². The number of hydrogen-bond donors (Lipinski definition) is 1. The van der Waals surface area contributed by atoms with Gasteiger partial charge in [-0.05, 0) is 38.5 Å². The molecule has 172 valence electrons. The number of carbonyl (C=O) groups excluding carboxylic acids is 1. The van der Waals surface area contributed by atoms with Crippen LogP contribution in [-0.4, -0.2) is 34.3 Å². The first-order valence-corrected chi connectivity index (χ1v) is 13.3. The van der Waals surface area contributed by atoms with E-state index in [9.17, 15) is 18.5 Å². The van der Waals surface area contributed by atoms with Crippen LogP contribution >= 0.6 is 23.1 Å². The number of thiophene rings is 1. The summed E-state index contributed by atoms with van der Waals surface area (Å²) in [6.07, 6.45) is 1.62. The van der Waals surface area contributed by atoms with E-state index in [-0.39, 0.29) is 22.4 Å². The number of aromatic nitrogens is 3. The van der Waals surface area contributed by atoms with Gasteiger partial charge < -0.3 is 9.88 Å². The Morgan fingerprint density at radius 2 is 2.03 bits per heavy atom. The maximum atomic E-state index is 12.8. The van der Waals surface area contributed by atoms with E-state index in [0.29, 0.717) is 22.3 Å². The predicted octanol–water partition coefficient (Wildman–Crippen LogP) is 4.11. The van der Waals surface area contributed by atoms with E-state index in [2.05, 4.69) is 28.2 Å².